The number of hydrogen-bond donors (Lipinski definition) is 1. The molecule has 1 N–H and O–H groups in total. The van der Waals surface area contributed by atoms with Crippen LogP contribution in [0.25, 0.3) is 11.8 Å². The number of morpholine rings is 1. The van der Waals surface area contributed by atoms with Crippen molar-refractivity contribution in [3.05, 3.63) is 81.6 Å². The summed E-state index contributed by atoms with van der Waals surface area (Å²) in [4.78, 5) is 15.0. The second-order valence-corrected chi connectivity index (χ2v) is 9.00. The normalized spacial score (nSPS) is 14.4. The number of aryl methyl sites for hydroxylation is 1. The smallest absolute Gasteiger partial charge is 0.378 e. The third kappa shape index (κ3) is 5.82. The van der Waals surface area contributed by atoms with Crippen LogP contribution in [0.5, 0.6) is 0 Å². The van der Waals surface area contributed by atoms with E-state index in [-0.39, 0.29) is 16.3 Å². The van der Waals surface area contributed by atoms with Gasteiger partial charge in [-0.2, -0.15) is 18.4 Å². The van der Waals surface area contributed by atoms with Gasteiger partial charge in [-0.15, -0.1) is 0 Å². The summed E-state index contributed by atoms with van der Waals surface area (Å²) < 4.78 is 46.8. The Bertz CT molecular complexity index is 1380. The van der Waals surface area contributed by atoms with Crippen molar-refractivity contribution in [2.75, 3.05) is 36.5 Å². The zero-order valence-corrected chi connectivity index (χ0v) is 21.0. The minimum absolute atomic E-state index is 0.143. The lowest BCUT2D eigenvalue weighted by molar-refractivity contribution is -0.137. The van der Waals surface area contributed by atoms with Crippen molar-refractivity contribution in [2.45, 2.75) is 20.0 Å². The first-order valence-electron chi connectivity index (χ1n) is 11.5. The second kappa shape index (κ2) is 10.7. The first-order chi connectivity index (χ1) is 17.6. The van der Waals surface area contributed by atoms with Gasteiger partial charge in [-0.25, -0.2) is 0 Å². The van der Waals surface area contributed by atoms with E-state index in [2.05, 4.69) is 10.2 Å². The molecule has 1 aromatic heterocycles. The fourth-order valence-corrected chi connectivity index (χ4v) is 4.45. The highest BCUT2D eigenvalue weighted by molar-refractivity contribution is 6.32. The molecule has 1 aliphatic rings. The third-order valence-electron chi connectivity index (χ3n) is 6.15. The Morgan fingerprint density at radius 3 is 2.41 bits per heavy atom. The molecular weight excluding hydrogens is 505 g/mol. The van der Waals surface area contributed by atoms with Gasteiger partial charge in [-0.05, 0) is 74.0 Å². The van der Waals surface area contributed by atoms with Crippen molar-refractivity contribution in [3.8, 4) is 11.8 Å². The summed E-state index contributed by atoms with van der Waals surface area (Å²) in [6, 6.07) is 14.0. The molecule has 0 radical (unpaired) electrons. The van der Waals surface area contributed by atoms with Crippen LogP contribution in [0.15, 0.2) is 54.1 Å². The van der Waals surface area contributed by atoms with Crippen LogP contribution in [-0.4, -0.2) is 36.8 Å². The van der Waals surface area contributed by atoms with Gasteiger partial charge < -0.3 is 19.5 Å². The van der Waals surface area contributed by atoms with Crippen LogP contribution in [0.2, 0.25) is 5.02 Å². The number of ether oxygens (including phenoxy) is 1. The molecule has 1 aliphatic heterocycles. The minimum atomic E-state index is -4.52. The molecule has 6 nitrogen and oxygen atoms in total. The molecule has 0 atom stereocenters. The highest BCUT2D eigenvalue weighted by Crippen LogP contribution is 2.35. The van der Waals surface area contributed by atoms with E-state index in [1.807, 2.05) is 18.2 Å². The van der Waals surface area contributed by atoms with E-state index in [0.29, 0.717) is 35.9 Å². The van der Waals surface area contributed by atoms with E-state index in [4.69, 9.17) is 16.3 Å². The van der Waals surface area contributed by atoms with Crippen molar-refractivity contribution in [3.63, 3.8) is 0 Å². The number of alkyl halides is 3. The monoisotopic (exact) mass is 528 g/mol. The van der Waals surface area contributed by atoms with Gasteiger partial charge in [0.05, 0.1) is 29.5 Å². The van der Waals surface area contributed by atoms with E-state index in [9.17, 15) is 23.2 Å². The van der Waals surface area contributed by atoms with Gasteiger partial charge >= 0.3 is 6.18 Å². The number of nitrogens with one attached hydrogen (secondary N) is 1. The molecule has 192 valence electrons. The molecule has 0 spiro atoms. The van der Waals surface area contributed by atoms with Gasteiger partial charge in [0.1, 0.15) is 11.6 Å². The first kappa shape index (κ1) is 26.3. The Balaban J connectivity index is 1.58. The molecule has 10 heteroatoms. The summed E-state index contributed by atoms with van der Waals surface area (Å²) in [6.07, 6.45) is -3.11. The Morgan fingerprint density at radius 1 is 1.11 bits per heavy atom. The average Bonchev–Trinajstić information content (AvgIpc) is 3.15. The summed E-state index contributed by atoms with van der Waals surface area (Å²) in [5.41, 5.74) is 2.38. The summed E-state index contributed by atoms with van der Waals surface area (Å²) in [6.45, 7) is 6.30. The van der Waals surface area contributed by atoms with Gasteiger partial charge in [-0.1, -0.05) is 11.6 Å². The number of hydrogen-bond acceptors (Lipinski definition) is 4. The summed E-state index contributed by atoms with van der Waals surface area (Å²) >= 11 is 6.24. The molecule has 37 heavy (non-hydrogen) atoms. The van der Waals surface area contributed by atoms with Crippen molar-refractivity contribution in [2.24, 2.45) is 0 Å². The maximum absolute atomic E-state index is 13.3. The Morgan fingerprint density at radius 2 is 1.78 bits per heavy atom. The Kier molecular flexibility index (Phi) is 7.62. The van der Waals surface area contributed by atoms with Crippen molar-refractivity contribution in [1.29, 1.82) is 5.26 Å². The summed E-state index contributed by atoms with van der Waals surface area (Å²) in [7, 11) is 0. The van der Waals surface area contributed by atoms with Crippen LogP contribution >= 0.6 is 11.6 Å². The number of benzene rings is 2. The number of aromatic nitrogens is 1. The molecule has 0 aliphatic carbocycles. The fourth-order valence-electron chi connectivity index (χ4n) is 4.24. The molecule has 0 saturated carbocycles. The molecule has 2 aromatic carbocycles. The van der Waals surface area contributed by atoms with E-state index in [0.717, 1.165) is 30.9 Å². The molecule has 3 aromatic rings. The van der Waals surface area contributed by atoms with Gasteiger partial charge in [0.15, 0.2) is 0 Å². The van der Waals surface area contributed by atoms with Crippen molar-refractivity contribution < 1.29 is 22.7 Å². The number of carbonyl (C=O) groups excluding carboxylic acids is 1. The van der Waals surface area contributed by atoms with E-state index in [1.165, 1.54) is 12.1 Å². The highest BCUT2D eigenvalue weighted by Gasteiger charge is 2.31. The summed E-state index contributed by atoms with van der Waals surface area (Å²) in [5.74, 6) is -0.594. The van der Waals surface area contributed by atoms with Crippen LogP contribution in [0.1, 0.15) is 22.5 Å². The SMILES string of the molecule is Cc1cc(/C=C(/C#N)C(=O)Nc2ccc(N3CCOCC3)cc2)c(C)n1-c1cc(C(F)(F)F)ccc1Cl. The van der Waals surface area contributed by atoms with Gasteiger partial charge in [0, 0.05) is 35.9 Å². The standard InChI is InChI=1S/C27H24ClF3N4O2/c1-17-13-19(18(2)35(17)25-15-21(27(29,30)31)3-8-24(25)28)14-20(16-32)26(36)33-22-4-6-23(7-5-22)34-9-11-37-12-10-34/h3-8,13-15H,9-12H2,1-2H3,(H,33,36)/b20-14-. The number of nitriles is 1. The molecule has 2 heterocycles. The minimum Gasteiger partial charge on any atom is -0.378 e. The van der Waals surface area contributed by atoms with Crippen molar-refractivity contribution >= 4 is 35.0 Å². The molecule has 4 rings (SSSR count). The van der Waals surface area contributed by atoms with Gasteiger partial charge in [0.25, 0.3) is 5.91 Å². The van der Waals surface area contributed by atoms with Crippen LogP contribution < -0.4 is 10.2 Å². The van der Waals surface area contributed by atoms with Crippen LogP contribution in [-0.2, 0) is 15.7 Å². The average molecular weight is 529 g/mol. The lowest BCUT2D eigenvalue weighted by Crippen LogP contribution is -2.36. The lowest BCUT2D eigenvalue weighted by atomic mass is 10.1. The molecule has 1 amide bonds. The maximum atomic E-state index is 13.3. The van der Waals surface area contributed by atoms with E-state index >= 15 is 0 Å². The van der Waals surface area contributed by atoms with Crippen molar-refractivity contribution in [1.82, 2.24) is 4.57 Å². The fraction of sp³-hybridized carbons (Fsp3) is 0.259. The summed E-state index contributed by atoms with van der Waals surface area (Å²) in [5, 5.41) is 12.5. The Hall–Kier alpha value is -3.74. The van der Waals surface area contributed by atoms with E-state index in [1.54, 1.807) is 36.6 Å². The third-order valence-corrected chi connectivity index (χ3v) is 6.47. The zero-order chi connectivity index (χ0) is 26.7. The van der Waals surface area contributed by atoms with E-state index < -0.39 is 17.6 Å². The number of anilines is 2. The number of nitrogens with zero attached hydrogens (tertiary/aromatic N) is 3. The predicted octanol–water partition coefficient (Wildman–Crippen LogP) is 6.15. The van der Waals surface area contributed by atoms with Crippen LogP contribution in [0.3, 0.4) is 0 Å². The highest BCUT2D eigenvalue weighted by atomic mass is 35.5. The lowest BCUT2D eigenvalue weighted by Gasteiger charge is -2.28. The second-order valence-electron chi connectivity index (χ2n) is 8.60. The molecule has 0 bridgehead atoms. The molecule has 1 saturated heterocycles. The number of amides is 1. The predicted molar refractivity (Wildman–Crippen MR) is 137 cm³/mol. The maximum Gasteiger partial charge on any atom is 0.416 e. The van der Waals surface area contributed by atoms with Crippen LogP contribution in [0.4, 0.5) is 24.5 Å². The largest absolute Gasteiger partial charge is 0.416 e. The number of rotatable bonds is 5. The first-order valence-corrected chi connectivity index (χ1v) is 11.9. The quantitative estimate of drug-likeness (QED) is 0.318. The number of halogens is 4. The number of carbonyl (C=O) groups is 1. The van der Waals surface area contributed by atoms with Crippen LogP contribution in [0, 0.1) is 25.2 Å². The topological polar surface area (TPSA) is 70.3 Å². The van der Waals surface area contributed by atoms with Gasteiger partial charge in [-0.3, -0.25) is 4.79 Å². The molecular formula is C27H24ClF3N4O2. The molecule has 0 unspecified atom stereocenters. The Labute approximate surface area is 217 Å². The van der Waals surface area contributed by atoms with Gasteiger partial charge in [0.2, 0.25) is 0 Å². The zero-order valence-electron chi connectivity index (χ0n) is 20.2. The molecule has 1 fully saturated rings.